The smallest absolute Gasteiger partial charge is 0.406 e. The summed E-state index contributed by atoms with van der Waals surface area (Å²) in [5, 5.41) is 9.51. The predicted octanol–water partition coefficient (Wildman–Crippen LogP) is 5.32. The van der Waals surface area contributed by atoms with E-state index in [1.54, 1.807) is 6.07 Å². The zero-order chi connectivity index (χ0) is 25.8. The highest BCUT2D eigenvalue weighted by molar-refractivity contribution is 7.93. The third-order valence-electron chi connectivity index (χ3n) is 5.99. The maximum Gasteiger partial charge on any atom is 0.573 e. The lowest BCUT2D eigenvalue weighted by molar-refractivity contribution is -0.274. The Morgan fingerprint density at radius 2 is 1.64 bits per heavy atom. The first-order valence-corrected chi connectivity index (χ1v) is 12.8. The standard InChI is InChI=1S/C26H24F3N3O3S/c27-26(28,29)35-24-11-6-10-23(17-24)32(36(33,34)25-12-5-4-9-21(25)18-30)22-13-15-31(16-14-22)19-20-7-2-1-3-8-20/h1-12,17,22H,13-16,19H2. The van der Waals surface area contributed by atoms with Crippen LogP contribution in [0.15, 0.2) is 83.8 Å². The van der Waals surface area contributed by atoms with Crippen molar-refractivity contribution in [3.8, 4) is 11.8 Å². The van der Waals surface area contributed by atoms with Crippen molar-refractivity contribution in [2.24, 2.45) is 0 Å². The Bertz CT molecular complexity index is 1330. The second-order valence-electron chi connectivity index (χ2n) is 8.45. The van der Waals surface area contributed by atoms with E-state index in [1.165, 1.54) is 30.3 Å². The molecular formula is C26H24F3N3O3S. The van der Waals surface area contributed by atoms with Gasteiger partial charge in [-0.2, -0.15) is 5.26 Å². The fourth-order valence-corrected chi connectivity index (χ4v) is 6.26. The van der Waals surface area contributed by atoms with E-state index in [2.05, 4.69) is 9.64 Å². The fourth-order valence-electron chi connectivity index (χ4n) is 4.41. The molecule has 0 radical (unpaired) electrons. The van der Waals surface area contributed by atoms with E-state index >= 15 is 0 Å². The van der Waals surface area contributed by atoms with Crippen LogP contribution < -0.4 is 9.04 Å². The van der Waals surface area contributed by atoms with Gasteiger partial charge in [-0.15, -0.1) is 13.2 Å². The Hall–Kier alpha value is -3.55. The van der Waals surface area contributed by atoms with Crippen LogP contribution in [0.3, 0.4) is 0 Å². The van der Waals surface area contributed by atoms with Gasteiger partial charge in [0.1, 0.15) is 16.7 Å². The molecule has 0 amide bonds. The van der Waals surface area contributed by atoms with Crippen LogP contribution >= 0.6 is 0 Å². The second-order valence-corrected chi connectivity index (χ2v) is 10.2. The molecule has 0 atom stereocenters. The number of sulfonamides is 1. The molecule has 1 heterocycles. The number of nitrogens with zero attached hydrogens (tertiary/aromatic N) is 3. The monoisotopic (exact) mass is 515 g/mol. The molecule has 3 aromatic rings. The van der Waals surface area contributed by atoms with Crippen molar-refractivity contribution in [1.82, 2.24) is 4.90 Å². The van der Waals surface area contributed by atoms with Crippen molar-refractivity contribution in [2.45, 2.75) is 36.7 Å². The van der Waals surface area contributed by atoms with Crippen LogP contribution in [0.25, 0.3) is 0 Å². The molecule has 0 bridgehead atoms. The summed E-state index contributed by atoms with van der Waals surface area (Å²) < 4.78 is 71.5. The molecule has 36 heavy (non-hydrogen) atoms. The first kappa shape index (κ1) is 25.5. The van der Waals surface area contributed by atoms with Crippen LogP contribution in [0.2, 0.25) is 0 Å². The molecule has 0 N–H and O–H groups in total. The number of ether oxygens (including phenoxy) is 1. The van der Waals surface area contributed by atoms with E-state index in [-0.39, 0.29) is 16.1 Å². The summed E-state index contributed by atoms with van der Waals surface area (Å²) in [6.45, 7) is 1.92. The zero-order valence-electron chi connectivity index (χ0n) is 19.2. The topological polar surface area (TPSA) is 73.6 Å². The van der Waals surface area contributed by atoms with Gasteiger partial charge in [-0.25, -0.2) is 8.42 Å². The summed E-state index contributed by atoms with van der Waals surface area (Å²) in [6.07, 6.45) is -3.99. The molecule has 6 nitrogen and oxygen atoms in total. The van der Waals surface area contributed by atoms with Gasteiger partial charge in [-0.3, -0.25) is 9.21 Å². The highest BCUT2D eigenvalue weighted by Gasteiger charge is 2.36. The van der Waals surface area contributed by atoms with Crippen LogP contribution in [0, 0.1) is 11.3 Å². The van der Waals surface area contributed by atoms with Crippen molar-refractivity contribution in [2.75, 3.05) is 17.4 Å². The highest BCUT2D eigenvalue weighted by Crippen LogP contribution is 2.35. The average Bonchev–Trinajstić information content (AvgIpc) is 2.85. The molecule has 1 aliphatic heterocycles. The first-order chi connectivity index (χ1) is 17.2. The van der Waals surface area contributed by atoms with Crippen molar-refractivity contribution in [3.05, 3.63) is 90.0 Å². The number of hydrogen-bond donors (Lipinski definition) is 0. The van der Waals surface area contributed by atoms with E-state index in [1.807, 2.05) is 36.4 Å². The van der Waals surface area contributed by atoms with E-state index in [9.17, 15) is 26.9 Å². The van der Waals surface area contributed by atoms with E-state index < -0.39 is 28.2 Å². The molecule has 10 heteroatoms. The minimum absolute atomic E-state index is 0.0355. The Labute approximate surface area is 208 Å². The molecular weight excluding hydrogens is 491 g/mol. The molecule has 188 valence electrons. The summed E-state index contributed by atoms with van der Waals surface area (Å²) in [4.78, 5) is 2.02. The lowest BCUT2D eigenvalue weighted by Crippen LogP contribution is -2.47. The van der Waals surface area contributed by atoms with Crippen LogP contribution in [0.4, 0.5) is 18.9 Å². The molecule has 0 aromatic heterocycles. The molecule has 1 aliphatic rings. The number of piperidine rings is 1. The fraction of sp³-hybridized carbons (Fsp3) is 0.269. The zero-order valence-corrected chi connectivity index (χ0v) is 20.0. The molecule has 0 saturated carbocycles. The number of rotatable bonds is 7. The quantitative estimate of drug-likeness (QED) is 0.426. The van der Waals surface area contributed by atoms with Gasteiger partial charge < -0.3 is 4.74 Å². The summed E-state index contributed by atoms with van der Waals surface area (Å²) in [5.74, 6) is -0.518. The van der Waals surface area contributed by atoms with E-state index in [4.69, 9.17) is 0 Å². The van der Waals surface area contributed by atoms with Gasteiger partial charge in [0.05, 0.1) is 11.3 Å². The van der Waals surface area contributed by atoms with Gasteiger partial charge in [-0.1, -0.05) is 48.5 Å². The van der Waals surface area contributed by atoms with Crippen molar-refractivity contribution < 1.29 is 26.3 Å². The Balaban J connectivity index is 1.67. The number of nitriles is 1. The van der Waals surface area contributed by atoms with Crippen LogP contribution in [0.5, 0.6) is 5.75 Å². The maximum absolute atomic E-state index is 13.9. The maximum atomic E-state index is 13.9. The number of likely N-dealkylation sites (tertiary alicyclic amines) is 1. The van der Waals surface area contributed by atoms with Crippen molar-refractivity contribution >= 4 is 15.7 Å². The largest absolute Gasteiger partial charge is 0.573 e. The van der Waals surface area contributed by atoms with Gasteiger partial charge in [0, 0.05) is 31.7 Å². The van der Waals surface area contributed by atoms with Gasteiger partial charge in [-0.05, 0) is 42.7 Å². The summed E-state index contributed by atoms with van der Waals surface area (Å²) in [6, 6.07) is 22.0. The average molecular weight is 516 g/mol. The number of benzene rings is 3. The Kier molecular flexibility index (Phi) is 7.52. The third kappa shape index (κ3) is 5.98. The molecule has 0 unspecified atom stereocenters. The van der Waals surface area contributed by atoms with Crippen LogP contribution in [-0.2, 0) is 16.6 Å². The van der Waals surface area contributed by atoms with E-state index in [0.29, 0.717) is 32.5 Å². The number of halogens is 3. The van der Waals surface area contributed by atoms with Gasteiger partial charge in [0.15, 0.2) is 0 Å². The van der Waals surface area contributed by atoms with E-state index in [0.717, 1.165) is 22.0 Å². The summed E-state index contributed by atoms with van der Waals surface area (Å²) in [5.41, 5.74) is 1.15. The Morgan fingerprint density at radius 3 is 2.31 bits per heavy atom. The molecule has 0 aliphatic carbocycles. The second kappa shape index (κ2) is 10.6. The van der Waals surface area contributed by atoms with Gasteiger partial charge in [0.25, 0.3) is 10.0 Å². The molecule has 1 fully saturated rings. The SMILES string of the molecule is N#Cc1ccccc1S(=O)(=O)N(c1cccc(OC(F)(F)F)c1)C1CCN(Cc2ccccc2)CC1. The lowest BCUT2D eigenvalue weighted by Gasteiger charge is -2.39. The Morgan fingerprint density at radius 1 is 0.972 bits per heavy atom. The highest BCUT2D eigenvalue weighted by atomic mass is 32.2. The third-order valence-corrected chi connectivity index (χ3v) is 7.93. The molecule has 4 rings (SSSR count). The van der Waals surface area contributed by atoms with Crippen LogP contribution in [-0.4, -0.2) is 38.8 Å². The van der Waals surface area contributed by atoms with Crippen molar-refractivity contribution in [1.29, 1.82) is 5.26 Å². The molecule has 3 aromatic carbocycles. The number of alkyl halides is 3. The van der Waals surface area contributed by atoms with Gasteiger partial charge >= 0.3 is 6.36 Å². The predicted molar refractivity (Wildman–Crippen MR) is 129 cm³/mol. The van der Waals surface area contributed by atoms with Crippen LogP contribution in [0.1, 0.15) is 24.0 Å². The normalized spacial score (nSPS) is 15.3. The minimum Gasteiger partial charge on any atom is -0.406 e. The molecule has 0 spiro atoms. The first-order valence-electron chi connectivity index (χ1n) is 11.3. The van der Waals surface area contributed by atoms with Gasteiger partial charge in [0.2, 0.25) is 0 Å². The lowest BCUT2D eigenvalue weighted by atomic mass is 10.0. The minimum atomic E-state index is -4.92. The number of hydrogen-bond acceptors (Lipinski definition) is 5. The number of anilines is 1. The summed E-state index contributed by atoms with van der Waals surface area (Å²) in [7, 11) is -4.28. The molecule has 1 saturated heterocycles. The van der Waals surface area contributed by atoms with Crippen molar-refractivity contribution in [3.63, 3.8) is 0 Å². The summed E-state index contributed by atoms with van der Waals surface area (Å²) >= 11 is 0.